The van der Waals surface area contributed by atoms with E-state index in [0.29, 0.717) is 5.56 Å². The van der Waals surface area contributed by atoms with Crippen LogP contribution >= 0.6 is 11.3 Å². The van der Waals surface area contributed by atoms with Gasteiger partial charge in [-0.25, -0.2) is 4.98 Å². The van der Waals surface area contributed by atoms with Gasteiger partial charge in [0.2, 0.25) is 0 Å². The highest BCUT2D eigenvalue weighted by Gasteiger charge is 2.16. The number of nitrogens with one attached hydrogen (secondary N) is 1. The number of nitrogens with zero attached hydrogens (tertiary/aromatic N) is 2. The molecule has 1 aliphatic rings. The molecule has 1 N–H and O–H groups in total. The van der Waals surface area contributed by atoms with Gasteiger partial charge in [-0.15, -0.1) is 11.3 Å². The molecule has 0 spiro atoms. The summed E-state index contributed by atoms with van der Waals surface area (Å²) in [5, 5.41) is 4.56. The van der Waals surface area contributed by atoms with Crippen LogP contribution in [0.4, 0.5) is 5.82 Å². The number of pyridine rings is 1. The van der Waals surface area contributed by atoms with Crippen LogP contribution in [0.15, 0.2) is 17.5 Å². The number of fused-ring (bicyclic) bond motifs is 1. The number of anilines is 1. The molecule has 0 radical (unpaired) electrons. The monoisotopic (exact) mass is 275 g/mol. The maximum Gasteiger partial charge on any atom is 0.254 e. The SMILES string of the molecule is CNC(=O)c1csc2ccc(N3CCCCC3)nc12. The van der Waals surface area contributed by atoms with Crippen LogP contribution in [0, 0.1) is 0 Å². The summed E-state index contributed by atoms with van der Waals surface area (Å²) in [4.78, 5) is 18.8. The quantitative estimate of drug-likeness (QED) is 0.916. The molecule has 0 atom stereocenters. The summed E-state index contributed by atoms with van der Waals surface area (Å²) in [5.41, 5.74) is 1.51. The molecule has 0 saturated carbocycles. The molecule has 3 heterocycles. The van der Waals surface area contributed by atoms with Gasteiger partial charge in [-0.05, 0) is 31.4 Å². The minimum absolute atomic E-state index is 0.0606. The van der Waals surface area contributed by atoms with Gasteiger partial charge < -0.3 is 10.2 Å². The fourth-order valence-corrected chi connectivity index (χ4v) is 3.37. The zero-order valence-electron chi connectivity index (χ0n) is 11.0. The largest absolute Gasteiger partial charge is 0.357 e. The molecule has 1 aliphatic heterocycles. The van der Waals surface area contributed by atoms with Gasteiger partial charge in [0.1, 0.15) is 5.82 Å². The molecule has 1 fully saturated rings. The summed E-state index contributed by atoms with van der Waals surface area (Å²) in [6, 6.07) is 4.14. The first-order chi connectivity index (χ1) is 9.29. The van der Waals surface area contributed by atoms with Crippen LogP contribution in [0.3, 0.4) is 0 Å². The van der Waals surface area contributed by atoms with Crippen LogP contribution in [0.25, 0.3) is 10.2 Å². The molecule has 0 aliphatic carbocycles. The summed E-state index contributed by atoms with van der Waals surface area (Å²) in [5.74, 6) is 0.935. The van der Waals surface area contributed by atoms with Crippen LogP contribution in [0.5, 0.6) is 0 Å². The van der Waals surface area contributed by atoms with Crippen LogP contribution in [-0.4, -0.2) is 31.0 Å². The van der Waals surface area contributed by atoms with E-state index in [1.54, 1.807) is 18.4 Å². The standard InChI is InChI=1S/C14H17N3OS/c1-15-14(18)10-9-19-11-5-6-12(16-13(10)11)17-7-3-2-4-8-17/h5-6,9H,2-4,7-8H2,1H3,(H,15,18). The van der Waals surface area contributed by atoms with E-state index < -0.39 is 0 Å². The first-order valence-corrected chi connectivity index (χ1v) is 7.53. The second-order valence-electron chi connectivity index (χ2n) is 4.79. The minimum Gasteiger partial charge on any atom is -0.357 e. The van der Waals surface area contributed by atoms with Crippen molar-refractivity contribution in [3.63, 3.8) is 0 Å². The predicted molar refractivity (Wildman–Crippen MR) is 79.1 cm³/mol. The van der Waals surface area contributed by atoms with Crippen molar-refractivity contribution >= 4 is 33.3 Å². The lowest BCUT2D eigenvalue weighted by molar-refractivity contribution is 0.0965. The van der Waals surface area contributed by atoms with Crippen LogP contribution < -0.4 is 10.2 Å². The molecular weight excluding hydrogens is 258 g/mol. The van der Waals surface area contributed by atoms with E-state index in [2.05, 4.69) is 22.3 Å². The van der Waals surface area contributed by atoms with Crippen molar-refractivity contribution < 1.29 is 4.79 Å². The second-order valence-corrected chi connectivity index (χ2v) is 5.70. The van der Waals surface area contributed by atoms with Gasteiger partial charge in [0.25, 0.3) is 5.91 Å². The topological polar surface area (TPSA) is 45.2 Å². The van der Waals surface area contributed by atoms with Crippen molar-refractivity contribution in [1.29, 1.82) is 0 Å². The number of rotatable bonds is 2. The molecule has 2 aromatic heterocycles. The highest BCUT2D eigenvalue weighted by atomic mass is 32.1. The van der Waals surface area contributed by atoms with E-state index in [0.717, 1.165) is 29.1 Å². The summed E-state index contributed by atoms with van der Waals surface area (Å²) in [6.45, 7) is 2.13. The molecule has 0 bridgehead atoms. The van der Waals surface area contributed by atoms with Crippen molar-refractivity contribution in [3.05, 3.63) is 23.1 Å². The average Bonchev–Trinajstić information content (AvgIpc) is 2.90. The summed E-state index contributed by atoms with van der Waals surface area (Å²) >= 11 is 1.57. The first-order valence-electron chi connectivity index (χ1n) is 6.65. The molecular formula is C14H17N3OS. The Bertz CT molecular complexity index is 602. The Labute approximate surface area is 116 Å². The van der Waals surface area contributed by atoms with E-state index in [1.807, 2.05) is 5.38 Å². The van der Waals surface area contributed by atoms with E-state index in [1.165, 1.54) is 19.3 Å². The Morgan fingerprint density at radius 2 is 2.11 bits per heavy atom. The molecule has 19 heavy (non-hydrogen) atoms. The summed E-state index contributed by atoms with van der Waals surface area (Å²) in [6.07, 6.45) is 3.76. The Morgan fingerprint density at radius 1 is 1.32 bits per heavy atom. The second kappa shape index (κ2) is 5.17. The van der Waals surface area contributed by atoms with Crippen LogP contribution in [0.2, 0.25) is 0 Å². The normalized spacial score (nSPS) is 15.7. The fraction of sp³-hybridized carbons (Fsp3) is 0.429. The van der Waals surface area contributed by atoms with Gasteiger partial charge in [-0.1, -0.05) is 0 Å². The molecule has 1 amide bonds. The third-order valence-electron chi connectivity index (χ3n) is 3.55. The molecule has 4 nitrogen and oxygen atoms in total. The third-order valence-corrected chi connectivity index (χ3v) is 4.49. The summed E-state index contributed by atoms with van der Waals surface area (Å²) < 4.78 is 1.07. The molecule has 3 rings (SSSR count). The van der Waals surface area contributed by atoms with Gasteiger partial charge in [-0.2, -0.15) is 0 Å². The number of carbonyl (C=O) groups excluding carboxylic acids is 1. The lowest BCUT2D eigenvalue weighted by Gasteiger charge is -2.27. The Kier molecular flexibility index (Phi) is 3.38. The van der Waals surface area contributed by atoms with E-state index in [4.69, 9.17) is 4.98 Å². The van der Waals surface area contributed by atoms with Crippen molar-refractivity contribution in [2.45, 2.75) is 19.3 Å². The molecule has 100 valence electrons. The average molecular weight is 275 g/mol. The zero-order chi connectivity index (χ0) is 13.2. The molecule has 1 saturated heterocycles. The number of piperidine rings is 1. The maximum atomic E-state index is 11.8. The Hall–Kier alpha value is -1.62. The van der Waals surface area contributed by atoms with E-state index in [-0.39, 0.29) is 5.91 Å². The minimum atomic E-state index is -0.0606. The van der Waals surface area contributed by atoms with Crippen molar-refractivity contribution in [3.8, 4) is 0 Å². The molecule has 0 unspecified atom stereocenters. The Balaban J connectivity index is 2.00. The highest BCUT2D eigenvalue weighted by Crippen LogP contribution is 2.28. The zero-order valence-corrected chi connectivity index (χ0v) is 11.8. The predicted octanol–water partition coefficient (Wildman–Crippen LogP) is 2.65. The molecule has 0 aromatic carbocycles. The number of hydrogen-bond acceptors (Lipinski definition) is 4. The van der Waals surface area contributed by atoms with Crippen molar-refractivity contribution in [2.75, 3.05) is 25.0 Å². The van der Waals surface area contributed by atoms with Crippen molar-refractivity contribution in [1.82, 2.24) is 10.3 Å². The number of hydrogen-bond donors (Lipinski definition) is 1. The highest BCUT2D eigenvalue weighted by molar-refractivity contribution is 7.17. The van der Waals surface area contributed by atoms with E-state index in [9.17, 15) is 4.79 Å². The fourth-order valence-electron chi connectivity index (χ4n) is 2.50. The Morgan fingerprint density at radius 3 is 2.84 bits per heavy atom. The maximum absolute atomic E-state index is 11.8. The smallest absolute Gasteiger partial charge is 0.254 e. The van der Waals surface area contributed by atoms with E-state index >= 15 is 0 Å². The third kappa shape index (κ3) is 2.30. The number of thiophene rings is 1. The number of amides is 1. The van der Waals surface area contributed by atoms with Gasteiger partial charge in [0.15, 0.2) is 0 Å². The van der Waals surface area contributed by atoms with Crippen molar-refractivity contribution in [2.24, 2.45) is 0 Å². The van der Waals surface area contributed by atoms with Gasteiger partial charge >= 0.3 is 0 Å². The summed E-state index contributed by atoms with van der Waals surface area (Å²) in [7, 11) is 1.65. The van der Waals surface area contributed by atoms with Crippen LogP contribution in [0.1, 0.15) is 29.6 Å². The lowest BCUT2D eigenvalue weighted by Crippen LogP contribution is -2.30. The van der Waals surface area contributed by atoms with Gasteiger partial charge in [0.05, 0.1) is 15.8 Å². The molecule has 2 aromatic rings. The molecule has 5 heteroatoms. The van der Waals surface area contributed by atoms with Gasteiger partial charge in [-0.3, -0.25) is 4.79 Å². The first kappa shape index (κ1) is 12.4. The van der Waals surface area contributed by atoms with Crippen LogP contribution in [-0.2, 0) is 0 Å². The van der Waals surface area contributed by atoms with Gasteiger partial charge in [0, 0.05) is 25.5 Å². The number of aromatic nitrogens is 1. The lowest BCUT2D eigenvalue weighted by atomic mass is 10.1. The number of carbonyl (C=O) groups is 1.